The Hall–Kier alpha value is -2.23. The second-order valence-corrected chi connectivity index (χ2v) is 6.75. The largest absolute Gasteiger partial charge is 0.475 e. The monoisotopic (exact) mass is 422 g/mol. The fraction of sp³-hybridized carbons (Fsp3) is 0.588. The van der Waals surface area contributed by atoms with Crippen LogP contribution in [-0.2, 0) is 15.7 Å². The molecule has 0 aliphatic carbocycles. The third kappa shape index (κ3) is 5.40. The number of aromatic nitrogens is 1. The number of methoxy groups -OCH3 is 1. The smallest absolute Gasteiger partial charge is 0.417 e. The topological polar surface area (TPSA) is 76.1 Å². The Morgan fingerprint density at radius 2 is 2.18 bits per heavy atom. The van der Waals surface area contributed by atoms with E-state index in [9.17, 15) is 18.0 Å². The number of rotatable bonds is 5. The zero-order chi connectivity index (χ0) is 20.9. The number of pyridine rings is 1. The number of hydrogen-bond donors (Lipinski definition) is 1. The molecule has 1 fully saturated rings. The molecule has 2 heterocycles. The first-order chi connectivity index (χ1) is 13.2. The van der Waals surface area contributed by atoms with Crippen molar-refractivity contribution in [1.29, 1.82) is 0 Å². The quantitative estimate of drug-likeness (QED) is 0.340. The SMILES string of the molecule is CN=C(NCCOc1ncc(C(F)(F)F)cc1Cl)N1CC(C)C(C(=O)OC)C1. The fourth-order valence-corrected chi connectivity index (χ4v) is 3.15. The molecule has 1 aromatic heterocycles. The van der Waals surface area contributed by atoms with Gasteiger partial charge in [-0.3, -0.25) is 9.79 Å². The Balaban J connectivity index is 1.85. The van der Waals surface area contributed by atoms with Gasteiger partial charge in [0.15, 0.2) is 5.96 Å². The molecule has 0 radical (unpaired) electrons. The van der Waals surface area contributed by atoms with Crippen molar-refractivity contribution < 1.29 is 27.4 Å². The molecule has 7 nitrogen and oxygen atoms in total. The van der Waals surface area contributed by atoms with Gasteiger partial charge >= 0.3 is 12.1 Å². The lowest BCUT2D eigenvalue weighted by Crippen LogP contribution is -2.42. The molecule has 11 heteroatoms. The lowest BCUT2D eigenvalue weighted by atomic mass is 9.99. The third-order valence-corrected chi connectivity index (χ3v) is 4.66. The number of halogens is 4. The summed E-state index contributed by atoms with van der Waals surface area (Å²) in [5.41, 5.74) is -0.938. The number of alkyl halides is 3. The second-order valence-electron chi connectivity index (χ2n) is 6.34. The molecule has 2 unspecified atom stereocenters. The standard InChI is InChI=1S/C17H22ClF3N4O3/c1-10-8-25(9-12(10)15(26)27-3)16(22-2)23-4-5-28-14-13(18)6-11(7-24-14)17(19,20)21/h6-7,10,12H,4-5,8-9H2,1-3H3,(H,22,23). The van der Waals surface area contributed by atoms with E-state index in [-0.39, 0.29) is 35.3 Å². The summed E-state index contributed by atoms with van der Waals surface area (Å²) in [6.07, 6.45) is -3.84. The number of guanidine groups is 1. The Morgan fingerprint density at radius 3 is 2.75 bits per heavy atom. The van der Waals surface area contributed by atoms with Gasteiger partial charge in [-0.1, -0.05) is 18.5 Å². The van der Waals surface area contributed by atoms with Gasteiger partial charge in [-0.05, 0) is 12.0 Å². The van der Waals surface area contributed by atoms with E-state index in [2.05, 4.69) is 15.3 Å². The van der Waals surface area contributed by atoms with E-state index in [4.69, 9.17) is 21.1 Å². The van der Waals surface area contributed by atoms with Crippen LogP contribution >= 0.6 is 11.6 Å². The molecule has 1 aromatic rings. The molecule has 28 heavy (non-hydrogen) atoms. The van der Waals surface area contributed by atoms with Crippen LogP contribution in [0.5, 0.6) is 5.88 Å². The molecule has 2 rings (SSSR count). The van der Waals surface area contributed by atoms with Gasteiger partial charge in [0.25, 0.3) is 0 Å². The van der Waals surface area contributed by atoms with Gasteiger partial charge < -0.3 is 19.7 Å². The maximum atomic E-state index is 12.6. The maximum absolute atomic E-state index is 12.6. The average molecular weight is 423 g/mol. The zero-order valence-corrected chi connectivity index (χ0v) is 16.5. The molecule has 1 aliphatic heterocycles. The molecular formula is C17H22ClF3N4O3. The summed E-state index contributed by atoms with van der Waals surface area (Å²) in [7, 11) is 2.98. The van der Waals surface area contributed by atoms with Crippen LogP contribution in [0.15, 0.2) is 17.3 Å². The van der Waals surface area contributed by atoms with Gasteiger partial charge in [0.1, 0.15) is 11.6 Å². The second kappa shape index (κ2) is 9.31. The number of hydrogen-bond acceptors (Lipinski definition) is 5. The first-order valence-electron chi connectivity index (χ1n) is 8.56. The van der Waals surface area contributed by atoms with Crippen molar-refractivity contribution in [3.05, 3.63) is 22.8 Å². The number of nitrogens with one attached hydrogen (secondary N) is 1. The van der Waals surface area contributed by atoms with Crippen molar-refractivity contribution in [2.24, 2.45) is 16.8 Å². The van der Waals surface area contributed by atoms with E-state index in [0.29, 0.717) is 31.8 Å². The highest BCUT2D eigenvalue weighted by Crippen LogP contribution is 2.33. The molecule has 2 atom stereocenters. The number of likely N-dealkylation sites (tertiary alicyclic amines) is 1. The minimum atomic E-state index is -4.52. The first-order valence-corrected chi connectivity index (χ1v) is 8.94. The molecule has 0 amide bonds. The minimum absolute atomic E-state index is 0.0768. The fourth-order valence-electron chi connectivity index (χ4n) is 2.93. The van der Waals surface area contributed by atoms with Gasteiger partial charge in [0.05, 0.1) is 25.1 Å². The molecule has 1 N–H and O–H groups in total. The normalized spacial score (nSPS) is 20.2. The molecule has 0 bridgehead atoms. The van der Waals surface area contributed by atoms with E-state index in [1.165, 1.54) is 7.11 Å². The van der Waals surface area contributed by atoms with Crippen LogP contribution in [0.1, 0.15) is 12.5 Å². The van der Waals surface area contributed by atoms with Crippen LogP contribution in [0.3, 0.4) is 0 Å². The van der Waals surface area contributed by atoms with Crippen molar-refractivity contribution >= 4 is 23.5 Å². The highest BCUT2D eigenvalue weighted by molar-refractivity contribution is 6.31. The third-order valence-electron chi connectivity index (χ3n) is 4.39. The Morgan fingerprint density at radius 1 is 1.46 bits per heavy atom. The summed E-state index contributed by atoms with van der Waals surface area (Å²) in [5, 5.41) is 2.87. The minimum Gasteiger partial charge on any atom is -0.475 e. The van der Waals surface area contributed by atoms with Gasteiger partial charge in [-0.15, -0.1) is 0 Å². The molecular weight excluding hydrogens is 401 g/mol. The summed E-state index contributed by atoms with van der Waals surface area (Å²) in [6.45, 7) is 3.53. The van der Waals surface area contributed by atoms with Crippen LogP contribution in [-0.4, -0.2) is 62.2 Å². The van der Waals surface area contributed by atoms with Crippen LogP contribution in [0.4, 0.5) is 13.2 Å². The van der Waals surface area contributed by atoms with Crippen molar-refractivity contribution in [2.45, 2.75) is 13.1 Å². The van der Waals surface area contributed by atoms with Gasteiger partial charge in [0.2, 0.25) is 5.88 Å². The van der Waals surface area contributed by atoms with Crippen molar-refractivity contribution in [2.75, 3.05) is 40.4 Å². The van der Waals surface area contributed by atoms with E-state index < -0.39 is 11.7 Å². The highest BCUT2D eigenvalue weighted by Gasteiger charge is 2.36. The first kappa shape index (κ1) is 22.1. The Bertz CT molecular complexity index is 730. The van der Waals surface area contributed by atoms with Gasteiger partial charge in [0, 0.05) is 26.3 Å². The molecule has 0 aromatic carbocycles. The number of esters is 1. The summed E-state index contributed by atoms with van der Waals surface area (Å²) in [5.74, 6) is 0.157. The van der Waals surface area contributed by atoms with Crippen LogP contribution in [0.2, 0.25) is 5.02 Å². The summed E-state index contributed by atoms with van der Waals surface area (Å²) in [6, 6.07) is 0.773. The Labute approximate surface area is 165 Å². The lowest BCUT2D eigenvalue weighted by Gasteiger charge is -2.21. The lowest BCUT2D eigenvalue weighted by molar-refractivity contribution is -0.146. The van der Waals surface area contributed by atoms with Gasteiger partial charge in [-0.2, -0.15) is 13.2 Å². The van der Waals surface area contributed by atoms with Crippen molar-refractivity contribution in [1.82, 2.24) is 15.2 Å². The van der Waals surface area contributed by atoms with E-state index in [1.54, 1.807) is 7.05 Å². The average Bonchev–Trinajstić information content (AvgIpc) is 3.02. The number of aliphatic imine (C=N–C) groups is 1. The Kier molecular flexibility index (Phi) is 7.34. The maximum Gasteiger partial charge on any atom is 0.417 e. The predicted molar refractivity (Wildman–Crippen MR) is 97.3 cm³/mol. The van der Waals surface area contributed by atoms with E-state index in [0.717, 1.165) is 6.07 Å². The zero-order valence-electron chi connectivity index (χ0n) is 15.7. The van der Waals surface area contributed by atoms with Crippen molar-refractivity contribution in [3.63, 3.8) is 0 Å². The predicted octanol–water partition coefficient (Wildman–Crippen LogP) is 2.45. The highest BCUT2D eigenvalue weighted by atomic mass is 35.5. The summed E-state index contributed by atoms with van der Waals surface area (Å²) < 4.78 is 48.0. The van der Waals surface area contributed by atoms with Crippen LogP contribution in [0.25, 0.3) is 0 Å². The molecule has 1 saturated heterocycles. The number of ether oxygens (including phenoxy) is 2. The van der Waals surface area contributed by atoms with Crippen molar-refractivity contribution in [3.8, 4) is 5.88 Å². The molecule has 1 aliphatic rings. The van der Waals surface area contributed by atoms with E-state index in [1.807, 2.05) is 11.8 Å². The van der Waals surface area contributed by atoms with Crippen LogP contribution < -0.4 is 10.1 Å². The summed E-state index contributed by atoms with van der Waals surface area (Å²) in [4.78, 5) is 21.5. The number of carbonyl (C=O) groups is 1. The molecule has 0 saturated carbocycles. The van der Waals surface area contributed by atoms with E-state index >= 15 is 0 Å². The summed E-state index contributed by atoms with van der Waals surface area (Å²) >= 11 is 5.80. The number of nitrogens with zero attached hydrogens (tertiary/aromatic N) is 3. The molecule has 0 spiro atoms. The number of carbonyl (C=O) groups excluding carboxylic acids is 1. The van der Waals surface area contributed by atoms with Crippen LogP contribution in [0, 0.1) is 11.8 Å². The van der Waals surface area contributed by atoms with Gasteiger partial charge in [-0.25, -0.2) is 4.98 Å². The molecule has 156 valence electrons.